The third-order valence-electron chi connectivity index (χ3n) is 3.43. The molecule has 0 unspecified atom stereocenters. The van der Waals surface area contributed by atoms with Crippen LogP contribution in [0.5, 0.6) is 0 Å². The Labute approximate surface area is 128 Å². The number of imide groups is 1. The molecule has 1 aliphatic heterocycles. The van der Waals surface area contributed by atoms with E-state index in [2.05, 4.69) is 15.3 Å². The molecule has 1 aliphatic rings. The predicted octanol–water partition coefficient (Wildman–Crippen LogP) is 1.95. The van der Waals surface area contributed by atoms with Crippen molar-refractivity contribution in [3.05, 3.63) is 16.5 Å². The van der Waals surface area contributed by atoms with Crippen molar-refractivity contribution < 1.29 is 9.59 Å². The maximum atomic E-state index is 11.5. The molecule has 0 atom stereocenters. The van der Waals surface area contributed by atoms with E-state index in [1.807, 2.05) is 6.92 Å². The Balaban J connectivity index is 1.89. The predicted molar refractivity (Wildman–Crippen MR) is 80.2 cm³/mol. The summed E-state index contributed by atoms with van der Waals surface area (Å²) in [4.78, 5) is 32.8. The highest BCUT2D eigenvalue weighted by molar-refractivity contribution is 6.30. The summed E-state index contributed by atoms with van der Waals surface area (Å²) in [6.45, 7) is 4.85. The number of halogens is 1. The smallest absolute Gasteiger partial charge is 0.229 e. The molecule has 2 heterocycles. The van der Waals surface area contributed by atoms with Crippen LogP contribution < -0.4 is 5.32 Å². The molecule has 21 heavy (non-hydrogen) atoms. The van der Waals surface area contributed by atoms with Crippen LogP contribution in [0, 0.1) is 6.92 Å². The molecule has 1 aromatic rings. The number of hydrogen-bond donors (Lipinski definition) is 1. The Hall–Kier alpha value is -1.69. The number of amides is 2. The second-order valence-corrected chi connectivity index (χ2v) is 5.32. The Morgan fingerprint density at radius 1 is 1.24 bits per heavy atom. The molecule has 0 bridgehead atoms. The van der Waals surface area contributed by atoms with Gasteiger partial charge in [0.25, 0.3) is 0 Å². The summed E-state index contributed by atoms with van der Waals surface area (Å²) in [5, 5.41) is 3.68. The van der Waals surface area contributed by atoms with E-state index in [0.717, 1.165) is 17.8 Å². The Morgan fingerprint density at radius 2 is 1.90 bits per heavy atom. The molecule has 0 radical (unpaired) electrons. The number of likely N-dealkylation sites (tertiary alicyclic amines) is 1. The number of nitrogens with zero attached hydrogens (tertiary/aromatic N) is 3. The van der Waals surface area contributed by atoms with Crippen LogP contribution in [0.4, 0.5) is 5.82 Å². The minimum Gasteiger partial charge on any atom is -0.370 e. The first-order valence-corrected chi connectivity index (χ1v) is 7.50. The van der Waals surface area contributed by atoms with Crippen molar-refractivity contribution in [3.63, 3.8) is 0 Å². The fourth-order valence-corrected chi connectivity index (χ4v) is 2.68. The van der Waals surface area contributed by atoms with E-state index in [1.165, 1.54) is 4.90 Å². The zero-order valence-electron chi connectivity index (χ0n) is 12.3. The molecule has 1 saturated heterocycles. The average Bonchev–Trinajstić information content (AvgIpc) is 2.74. The number of aryl methyl sites for hydroxylation is 1. The zero-order valence-corrected chi connectivity index (χ0v) is 13.0. The maximum Gasteiger partial charge on any atom is 0.229 e. The van der Waals surface area contributed by atoms with Crippen LogP contribution in [0.15, 0.2) is 0 Å². The summed E-state index contributed by atoms with van der Waals surface area (Å²) in [5.41, 5.74) is 0.885. The highest BCUT2D eigenvalue weighted by Gasteiger charge is 2.27. The highest BCUT2D eigenvalue weighted by Crippen LogP contribution is 2.21. The van der Waals surface area contributed by atoms with Crippen molar-refractivity contribution in [2.45, 2.75) is 39.5 Å². The largest absolute Gasteiger partial charge is 0.370 e. The van der Waals surface area contributed by atoms with Gasteiger partial charge in [-0.25, -0.2) is 9.97 Å². The van der Waals surface area contributed by atoms with Crippen molar-refractivity contribution in [2.24, 2.45) is 0 Å². The van der Waals surface area contributed by atoms with Gasteiger partial charge in [0.15, 0.2) is 0 Å². The standard InChI is InChI=1S/C14H19ClN4O2/c1-3-10-13(15)17-9(2)18-14(10)16-7-4-8-19-11(20)5-6-12(19)21/h3-8H2,1-2H3,(H,16,17,18). The van der Waals surface area contributed by atoms with E-state index in [1.54, 1.807) is 6.92 Å². The van der Waals surface area contributed by atoms with Gasteiger partial charge in [0.2, 0.25) is 11.8 Å². The van der Waals surface area contributed by atoms with Crippen LogP contribution in [-0.4, -0.2) is 39.8 Å². The minimum absolute atomic E-state index is 0.0739. The van der Waals surface area contributed by atoms with Gasteiger partial charge in [-0.15, -0.1) is 0 Å². The van der Waals surface area contributed by atoms with Crippen molar-refractivity contribution in [2.75, 3.05) is 18.4 Å². The van der Waals surface area contributed by atoms with E-state index in [9.17, 15) is 9.59 Å². The van der Waals surface area contributed by atoms with Gasteiger partial charge in [-0.2, -0.15) is 0 Å². The normalized spacial score (nSPS) is 14.9. The molecular formula is C14H19ClN4O2. The van der Waals surface area contributed by atoms with Crippen LogP contribution in [0.25, 0.3) is 0 Å². The third-order valence-corrected chi connectivity index (χ3v) is 3.74. The van der Waals surface area contributed by atoms with Gasteiger partial charge < -0.3 is 5.32 Å². The Morgan fingerprint density at radius 3 is 2.52 bits per heavy atom. The topological polar surface area (TPSA) is 75.2 Å². The number of carbonyl (C=O) groups excluding carboxylic acids is 2. The number of rotatable bonds is 6. The van der Waals surface area contributed by atoms with Crippen LogP contribution in [0.1, 0.15) is 37.6 Å². The molecule has 1 fully saturated rings. The second kappa shape index (κ2) is 6.85. The number of nitrogens with one attached hydrogen (secondary N) is 1. The number of aromatic nitrogens is 2. The summed E-state index contributed by atoms with van der Waals surface area (Å²) in [6.07, 6.45) is 2.10. The molecule has 1 aromatic heterocycles. The van der Waals surface area contributed by atoms with E-state index >= 15 is 0 Å². The second-order valence-electron chi connectivity index (χ2n) is 4.96. The summed E-state index contributed by atoms with van der Waals surface area (Å²) in [7, 11) is 0. The summed E-state index contributed by atoms with van der Waals surface area (Å²) < 4.78 is 0. The van der Waals surface area contributed by atoms with Gasteiger partial charge in [0.1, 0.15) is 16.8 Å². The monoisotopic (exact) mass is 310 g/mol. The SMILES string of the molecule is CCc1c(Cl)nc(C)nc1NCCCN1C(=O)CCC1=O. The van der Waals surface area contributed by atoms with Gasteiger partial charge in [0.05, 0.1) is 0 Å². The first-order valence-electron chi connectivity index (χ1n) is 7.13. The van der Waals surface area contributed by atoms with Crippen molar-refractivity contribution >= 4 is 29.2 Å². The molecule has 114 valence electrons. The van der Waals surface area contributed by atoms with E-state index < -0.39 is 0 Å². The first-order chi connectivity index (χ1) is 10.0. The Bertz CT molecular complexity index is 546. The van der Waals surface area contributed by atoms with Crippen molar-refractivity contribution in [3.8, 4) is 0 Å². The van der Waals surface area contributed by atoms with Crippen LogP contribution in [0.3, 0.4) is 0 Å². The van der Waals surface area contributed by atoms with Crippen molar-refractivity contribution in [1.29, 1.82) is 0 Å². The van der Waals surface area contributed by atoms with Crippen LogP contribution in [0.2, 0.25) is 5.15 Å². The van der Waals surface area contributed by atoms with Crippen molar-refractivity contribution in [1.82, 2.24) is 14.9 Å². The summed E-state index contributed by atoms with van der Waals surface area (Å²) in [6, 6.07) is 0. The molecule has 0 saturated carbocycles. The zero-order chi connectivity index (χ0) is 15.4. The van der Waals surface area contributed by atoms with Gasteiger partial charge >= 0.3 is 0 Å². The van der Waals surface area contributed by atoms with Gasteiger partial charge in [0, 0.05) is 31.5 Å². The van der Waals surface area contributed by atoms with E-state index in [-0.39, 0.29) is 11.8 Å². The Kier molecular flexibility index (Phi) is 5.12. The molecule has 7 heteroatoms. The average molecular weight is 311 g/mol. The molecule has 1 N–H and O–H groups in total. The molecule has 0 spiro atoms. The van der Waals surface area contributed by atoms with E-state index in [0.29, 0.717) is 43.3 Å². The molecule has 2 rings (SSSR count). The molecule has 0 aliphatic carbocycles. The third kappa shape index (κ3) is 3.69. The minimum atomic E-state index is -0.0739. The van der Waals surface area contributed by atoms with Gasteiger partial charge in [-0.05, 0) is 19.8 Å². The fourth-order valence-electron chi connectivity index (χ4n) is 2.34. The highest BCUT2D eigenvalue weighted by atomic mass is 35.5. The van der Waals surface area contributed by atoms with Gasteiger partial charge in [-0.1, -0.05) is 18.5 Å². The number of hydrogen-bond acceptors (Lipinski definition) is 5. The number of carbonyl (C=O) groups is 2. The number of anilines is 1. The lowest BCUT2D eigenvalue weighted by atomic mass is 10.2. The maximum absolute atomic E-state index is 11.5. The lowest BCUT2D eigenvalue weighted by molar-refractivity contribution is -0.138. The fraction of sp³-hybridized carbons (Fsp3) is 0.571. The molecule has 2 amide bonds. The lowest BCUT2D eigenvalue weighted by Gasteiger charge is -2.15. The van der Waals surface area contributed by atoms with Crippen LogP contribution in [-0.2, 0) is 16.0 Å². The first kappa shape index (κ1) is 15.7. The lowest BCUT2D eigenvalue weighted by Crippen LogP contribution is -2.31. The van der Waals surface area contributed by atoms with Gasteiger partial charge in [-0.3, -0.25) is 14.5 Å². The summed E-state index contributed by atoms with van der Waals surface area (Å²) >= 11 is 6.10. The van der Waals surface area contributed by atoms with E-state index in [4.69, 9.17) is 11.6 Å². The van der Waals surface area contributed by atoms with Crippen LogP contribution >= 0.6 is 11.6 Å². The molecular weight excluding hydrogens is 292 g/mol. The summed E-state index contributed by atoms with van der Waals surface area (Å²) in [5.74, 6) is 1.20. The quantitative estimate of drug-likeness (QED) is 0.494. The molecule has 0 aromatic carbocycles. The molecule has 6 nitrogen and oxygen atoms in total.